The monoisotopic (exact) mass is 413 g/mol. The summed E-state index contributed by atoms with van der Waals surface area (Å²) < 4.78 is 10.4. The number of nitrogens with one attached hydrogen (secondary N) is 2. The van der Waals surface area contributed by atoms with Crippen molar-refractivity contribution in [3.05, 3.63) is 53.0 Å². The minimum atomic E-state index is -0.716. The van der Waals surface area contributed by atoms with Crippen molar-refractivity contribution in [3.63, 3.8) is 0 Å². The van der Waals surface area contributed by atoms with Gasteiger partial charge in [-0.25, -0.2) is 14.4 Å². The molecule has 0 aliphatic carbocycles. The molecule has 0 saturated carbocycles. The van der Waals surface area contributed by atoms with Crippen LogP contribution in [0.1, 0.15) is 36.5 Å². The Labute approximate surface area is 173 Å². The van der Waals surface area contributed by atoms with Crippen LogP contribution in [0, 0.1) is 6.92 Å². The normalized spacial score (nSPS) is 16.0. The second-order valence-corrected chi connectivity index (χ2v) is 6.51. The van der Waals surface area contributed by atoms with Gasteiger partial charge in [0.15, 0.2) is 5.69 Å². The summed E-state index contributed by atoms with van der Waals surface area (Å²) in [4.78, 5) is 38.2. The van der Waals surface area contributed by atoms with Crippen molar-refractivity contribution >= 4 is 18.0 Å². The van der Waals surface area contributed by atoms with E-state index in [-0.39, 0.29) is 30.2 Å². The fourth-order valence-corrected chi connectivity index (χ4v) is 3.03. The number of carbonyl (C=O) groups excluding carboxylic acids is 3. The molecule has 0 saturated heterocycles. The van der Waals surface area contributed by atoms with Crippen molar-refractivity contribution in [1.29, 1.82) is 0 Å². The fourth-order valence-electron chi connectivity index (χ4n) is 3.03. The van der Waals surface area contributed by atoms with Crippen molar-refractivity contribution in [2.24, 2.45) is 0 Å². The number of amides is 2. The predicted octanol–water partition coefficient (Wildman–Crippen LogP) is 1.64. The summed E-state index contributed by atoms with van der Waals surface area (Å²) in [6, 6.07) is 8.12. The van der Waals surface area contributed by atoms with Crippen molar-refractivity contribution in [1.82, 2.24) is 25.6 Å². The van der Waals surface area contributed by atoms with Crippen LogP contribution in [0.4, 0.5) is 4.79 Å². The van der Waals surface area contributed by atoms with Crippen LogP contribution in [0.3, 0.4) is 0 Å². The van der Waals surface area contributed by atoms with E-state index >= 15 is 0 Å². The van der Waals surface area contributed by atoms with Crippen LogP contribution in [-0.2, 0) is 14.3 Å². The molecule has 1 aliphatic rings. The van der Waals surface area contributed by atoms with Gasteiger partial charge < -0.3 is 20.1 Å². The van der Waals surface area contributed by atoms with Crippen LogP contribution in [0.2, 0.25) is 0 Å². The van der Waals surface area contributed by atoms with Gasteiger partial charge in [-0.3, -0.25) is 0 Å². The van der Waals surface area contributed by atoms with Gasteiger partial charge in [0.25, 0.3) is 0 Å². The lowest BCUT2D eigenvalue weighted by Gasteiger charge is -2.28. The lowest BCUT2D eigenvalue weighted by atomic mass is 10.0. The van der Waals surface area contributed by atoms with Crippen LogP contribution >= 0.6 is 0 Å². The molecule has 0 bridgehead atoms. The standard InChI is InChI=1S/C20H23N5O5/c1-4-14-16(18(26)29-5-2)15(22-20(28)21-14)11-30-19(27)17-12(3)23-25(24-17)13-9-7-6-8-10-13/h6-10,14H,4-5,11H2,1-3H3,(H2,21,22,28)/t14-/m0/s1. The summed E-state index contributed by atoms with van der Waals surface area (Å²) in [5.41, 5.74) is 1.55. The summed E-state index contributed by atoms with van der Waals surface area (Å²) in [5, 5.41) is 13.6. The summed E-state index contributed by atoms with van der Waals surface area (Å²) in [7, 11) is 0. The molecule has 2 heterocycles. The first-order valence-electron chi connectivity index (χ1n) is 9.58. The maximum atomic E-state index is 12.6. The average molecular weight is 413 g/mol. The number of urea groups is 1. The van der Waals surface area contributed by atoms with E-state index < -0.39 is 24.0 Å². The van der Waals surface area contributed by atoms with E-state index in [1.165, 1.54) is 4.80 Å². The average Bonchev–Trinajstić information content (AvgIpc) is 3.14. The Morgan fingerprint density at radius 2 is 1.83 bits per heavy atom. The van der Waals surface area contributed by atoms with E-state index in [0.29, 0.717) is 17.8 Å². The first-order valence-corrected chi connectivity index (χ1v) is 9.58. The number of hydrogen-bond donors (Lipinski definition) is 2. The van der Waals surface area contributed by atoms with E-state index in [9.17, 15) is 14.4 Å². The molecule has 0 radical (unpaired) electrons. The molecule has 1 aliphatic heterocycles. The van der Waals surface area contributed by atoms with Gasteiger partial charge >= 0.3 is 18.0 Å². The predicted molar refractivity (Wildman–Crippen MR) is 106 cm³/mol. The Hall–Kier alpha value is -3.69. The second-order valence-electron chi connectivity index (χ2n) is 6.51. The Kier molecular flexibility index (Phi) is 6.45. The third-order valence-corrected chi connectivity index (χ3v) is 4.46. The number of esters is 2. The SMILES string of the molecule is CCOC(=O)C1=C(COC(=O)c2nn(-c3ccccc3)nc2C)NC(=O)N[C@H]1CC. The zero-order valence-corrected chi connectivity index (χ0v) is 17.0. The second kappa shape index (κ2) is 9.21. The summed E-state index contributed by atoms with van der Waals surface area (Å²) >= 11 is 0. The molecule has 1 aromatic heterocycles. The van der Waals surface area contributed by atoms with Crippen molar-refractivity contribution in [2.45, 2.75) is 33.2 Å². The summed E-state index contributed by atoms with van der Waals surface area (Å²) in [5.74, 6) is -1.29. The molecule has 1 aromatic carbocycles. The Balaban J connectivity index is 1.80. The zero-order chi connectivity index (χ0) is 21.7. The highest BCUT2D eigenvalue weighted by atomic mass is 16.5. The minimum Gasteiger partial charge on any atom is -0.463 e. The molecular formula is C20H23N5O5. The largest absolute Gasteiger partial charge is 0.463 e. The molecule has 0 fully saturated rings. The topological polar surface area (TPSA) is 124 Å². The maximum Gasteiger partial charge on any atom is 0.361 e. The van der Waals surface area contributed by atoms with Gasteiger partial charge in [0.1, 0.15) is 6.61 Å². The lowest BCUT2D eigenvalue weighted by Crippen LogP contribution is -2.51. The van der Waals surface area contributed by atoms with Gasteiger partial charge in [-0.1, -0.05) is 25.1 Å². The molecule has 158 valence electrons. The first-order chi connectivity index (χ1) is 14.4. The van der Waals surface area contributed by atoms with Gasteiger partial charge in [-0.15, -0.1) is 5.10 Å². The van der Waals surface area contributed by atoms with Gasteiger partial charge in [0.2, 0.25) is 0 Å². The van der Waals surface area contributed by atoms with E-state index in [1.54, 1.807) is 26.0 Å². The maximum absolute atomic E-state index is 12.6. The van der Waals surface area contributed by atoms with E-state index in [4.69, 9.17) is 9.47 Å². The smallest absolute Gasteiger partial charge is 0.361 e. The van der Waals surface area contributed by atoms with Gasteiger partial charge in [0, 0.05) is 0 Å². The molecule has 3 rings (SSSR count). The molecule has 2 N–H and O–H groups in total. The summed E-state index contributed by atoms with van der Waals surface area (Å²) in [6.45, 7) is 5.03. The van der Waals surface area contributed by atoms with E-state index in [0.717, 1.165) is 0 Å². The van der Waals surface area contributed by atoms with Crippen LogP contribution in [0.5, 0.6) is 0 Å². The quantitative estimate of drug-likeness (QED) is 0.661. The Morgan fingerprint density at radius 3 is 2.50 bits per heavy atom. The highest BCUT2D eigenvalue weighted by molar-refractivity contribution is 5.95. The molecule has 2 aromatic rings. The number of carbonyl (C=O) groups is 3. The molecule has 10 nitrogen and oxygen atoms in total. The number of nitrogens with zero attached hydrogens (tertiary/aromatic N) is 3. The minimum absolute atomic E-state index is 0.0458. The number of hydrogen-bond acceptors (Lipinski definition) is 7. The number of aryl methyl sites for hydroxylation is 1. The van der Waals surface area contributed by atoms with Crippen molar-refractivity contribution in [3.8, 4) is 5.69 Å². The highest BCUT2D eigenvalue weighted by Gasteiger charge is 2.32. The molecule has 0 spiro atoms. The molecule has 2 amide bonds. The van der Waals surface area contributed by atoms with Crippen LogP contribution < -0.4 is 10.6 Å². The zero-order valence-electron chi connectivity index (χ0n) is 17.0. The Bertz CT molecular complexity index is 983. The van der Waals surface area contributed by atoms with Crippen molar-refractivity contribution < 1.29 is 23.9 Å². The van der Waals surface area contributed by atoms with Gasteiger partial charge in [-0.2, -0.15) is 9.90 Å². The number of benzene rings is 1. The third kappa shape index (κ3) is 4.48. The molecular weight excluding hydrogens is 390 g/mol. The van der Waals surface area contributed by atoms with Crippen molar-refractivity contribution in [2.75, 3.05) is 13.2 Å². The fraction of sp³-hybridized carbons (Fsp3) is 0.350. The molecule has 0 unspecified atom stereocenters. The summed E-state index contributed by atoms with van der Waals surface area (Å²) in [6.07, 6.45) is 0.476. The molecule has 1 atom stereocenters. The molecule has 10 heteroatoms. The van der Waals surface area contributed by atoms with E-state index in [2.05, 4.69) is 20.8 Å². The number of para-hydroxylation sites is 1. The van der Waals surface area contributed by atoms with Crippen LogP contribution in [0.15, 0.2) is 41.6 Å². The number of rotatable bonds is 7. The first kappa shape index (κ1) is 21.0. The molecule has 30 heavy (non-hydrogen) atoms. The number of ether oxygens (including phenoxy) is 2. The van der Waals surface area contributed by atoms with Gasteiger partial charge in [0.05, 0.1) is 35.3 Å². The Morgan fingerprint density at radius 1 is 1.10 bits per heavy atom. The third-order valence-electron chi connectivity index (χ3n) is 4.46. The van der Waals surface area contributed by atoms with Crippen LogP contribution in [0.25, 0.3) is 5.69 Å². The van der Waals surface area contributed by atoms with Crippen LogP contribution in [-0.4, -0.2) is 52.2 Å². The number of aromatic nitrogens is 3. The van der Waals surface area contributed by atoms with Gasteiger partial charge in [-0.05, 0) is 32.4 Å². The lowest BCUT2D eigenvalue weighted by molar-refractivity contribution is -0.139. The highest BCUT2D eigenvalue weighted by Crippen LogP contribution is 2.18. The van der Waals surface area contributed by atoms with E-state index in [1.807, 2.05) is 25.1 Å².